The van der Waals surface area contributed by atoms with Crippen molar-refractivity contribution in [1.29, 1.82) is 0 Å². The zero-order valence-electron chi connectivity index (χ0n) is 18.9. The Balaban J connectivity index is 1.35. The molecule has 1 unspecified atom stereocenters. The molecule has 2 aromatic rings. The van der Waals surface area contributed by atoms with Gasteiger partial charge in [-0.05, 0) is 29.7 Å². The number of rotatable bonds is 8. The van der Waals surface area contributed by atoms with Crippen LogP contribution in [0.15, 0.2) is 42.5 Å². The highest BCUT2D eigenvalue weighted by atomic mass is 16.5. The molecule has 0 bridgehead atoms. The summed E-state index contributed by atoms with van der Waals surface area (Å²) < 4.78 is 5.54. The van der Waals surface area contributed by atoms with Crippen molar-refractivity contribution in [3.05, 3.63) is 64.7 Å². The van der Waals surface area contributed by atoms with E-state index in [9.17, 15) is 28.8 Å². The van der Waals surface area contributed by atoms with Gasteiger partial charge in [0.05, 0.1) is 11.1 Å². The maximum absolute atomic E-state index is 13.0. The first kappa shape index (κ1) is 24.4. The second-order valence-electron chi connectivity index (χ2n) is 8.17. The minimum Gasteiger partial charge on any atom is -0.483 e. The van der Waals surface area contributed by atoms with Crippen molar-refractivity contribution in [2.45, 2.75) is 32.0 Å². The van der Waals surface area contributed by atoms with E-state index < -0.39 is 48.3 Å². The normalized spacial score (nSPS) is 16.9. The van der Waals surface area contributed by atoms with Gasteiger partial charge in [0, 0.05) is 19.5 Å². The van der Waals surface area contributed by atoms with Crippen molar-refractivity contribution >= 4 is 35.6 Å². The molecule has 12 heteroatoms. The third kappa shape index (κ3) is 5.17. The van der Waals surface area contributed by atoms with E-state index in [-0.39, 0.29) is 42.8 Å². The molecule has 1 saturated heterocycles. The molecule has 0 aliphatic carbocycles. The van der Waals surface area contributed by atoms with Crippen LogP contribution in [0.1, 0.15) is 44.7 Å². The molecule has 0 radical (unpaired) electrons. The van der Waals surface area contributed by atoms with Crippen LogP contribution in [-0.4, -0.2) is 58.3 Å². The predicted molar refractivity (Wildman–Crippen MR) is 122 cm³/mol. The highest BCUT2D eigenvalue weighted by molar-refractivity contribution is 6.24. The van der Waals surface area contributed by atoms with E-state index in [1.807, 2.05) is 0 Å². The zero-order chi connectivity index (χ0) is 25.8. The molecular formula is C24H22N4O8. The summed E-state index contributed by atoms with van der Waals surface area (Å²) in [5.74, 6) is -3.00. The van der Waals surface area contributed by atoms with Gasteiger partial charge in [-0.3, -0.25) is 34.2 Å². The number of carboxylic acid groups (broad SMARTS) is 1. The minimum atomic E-state index is -1.12. The summed E-state index contributed by atoms with van der Waals surface area (Å²) in [6.07, 6.45) is -1.08. The molecule has 186 valence electrons. The number of piperidine rings is 1. The van der Waals surface area contributed by atoms with E-state index in [4.69, 9.17) is 9.84 Å². The largest absolute Gasteiger partial charge is 0.483 e. The van der Waals surface area contributed by atoms with Gasteiger partial charge in [0.1, 0.15) is 11.8 Å². The van der Waals surface area contributed by atoms with Crippen LogP contribution in [0.2, 0.25) is 0 Å². The third-order valence-corrected chi connectivity index (χ3v) is 5.75. The van der Waals surface area contributed by atoms with Crippen LogP contribution >= 0.6 is 0 Å². The van der Waals surface area contributed by atoms with E-state index >= 15 is 0 Å². The summed E-state index contributed by atoms with van der Waals surface area (Å²) in [5, 5.41) is 15.7. The third-order valence-electron chi connectivity index (χ3n) is 5.75. The van der Waals surface area contributed by atoms with Gasteiger partial charge >= 0.3 is 6.09 Å². The number of ether oxygens (including phenoxy) is 1. The number of fused-ring (bicyclic) bond motifs is 1. The molecule has 0 aromatic heterocycles. The van der Waals surface area contributed by atoms with E-state index in [1.54, 1.807) is 24.3 Å². The van der Waals surface area contributed by atoms with Gasteiger partial charge in [-0.2, -0.15) is 0 Å². The Morgan fingerprint density at radius 1 is 0.972 bits per heavy atom. The van der Waals surface area contributed by atoms with E-state index in [2.05, 4.69) is 16.0 Å². The minimum absolute atomic E-state index is 0.00922. The van der Waals surface area contributed by atoms with Crippen LogP contribution in [0.3, 0.4) is 0 Å². The van der Waals surface area contributed by atoms with Crippen LogP contribution in [0.25, 0.3) is 0 Å². The Morgan fingerprint density at radius 2 is 1.64 bits per heavy atom. The maximum atomic E-state index is 13.0. The number of benzene rings is 2. The van der Waals surface area contributed by atoms with Gasteiger partial charge in [-0.1, -0.05) is 30.3 Å². The Morgan fingerprint density at radius 3 is 2.28 bits per heavy atom. The number of amides is 6. The quantitative estimate of drug-likeness (QED) is 0.385. The molecule has 2 aliphatic heterocycles. The van der Waals surface area contributed by atoms with Crippen molar-refractivity contribution < 1.29 is 38.6 Å². The maximum Gasteiger partial charge on any atom is 0.404 e. The molecule has 4 N–H and O–H groups in total. The van der Waals surface area contributed by atoms with Crippen molar-refractivity contribution in [2.24, 2.45) is 0 Å². The molecule has 4 rings (SSSR count). The number of nitrogens with one attached hydrogen (secondary N) is 3. The van der Waals surface area contributed by atoms with Crippen LogP contribution in [0, 0.1) is 0 Å². The average molecular weight is 494 g/mol. The first-order valence-corrected chi connectivity index (χ1v) is 11.0. The predicted octanol–water partition coefficient (Wildman–Crippen LogP) is 0.551. The van der Waals surface area contributed by atoms with Gasteiger partial charge in [0.25, 0.3) is 17.7 Å². The number of nitrogens with zero attached hydrogens (tertiary/aromatic N) is 1. The summed E-state index contributed by atoms with van der Waals surface area (Å²) in [5.41, 5.74) is 1.56. The fourth-order valence-corrected chi connectivity index (χ4v) is 3.95. The van der Waals surface area contributed by atoms with Gasteiger partial charge in [-0.15, -0.1) is 0 Å². The fraction of sp³-hybridized carbons (Fsp3) is 0.250. The summed E-state index contributed by atoms with van der Waals surface area (Å²) >= 11 is 0. The Labute approximate surface area is 204 Å². The molecule has 6 amide bonds. The molecule has 2 heterocycles. The summed E-state index contributed by atoms with van der Waals surface area (Å²) in [7, 11) is 0. The number of carbonyl (C=O) groups excluding carboxylic acids is 5. The topological polar surface area (TPSA) is 171 Å². The second kappa shape index (κ2) is 10.3. The number of carbonyl (C=O) groups is 6. The van der Waals surface area contributed by atoms with Crippen molar-refractivity contribution in [3.63, 3.8) is 0 Å². The van der Waals surface area contributed by atoms with Gasteiger partial charge < -0.3 is 20.5 Å². The molecule has 1 fully saturated rings. The van der Waals surface area contributed by atoms with Crippen molar-refractivity contribution in [2.75, 3.05) is 6.61 Å². The molecule has 1 atom stereocenters. The monoisotopic (exact) mass is 494 g/mol. The average Bonchev–Trinajstić information content (AvgIpc) is 3.11. The van der Waals surface area contributed by atoms with Gasteiger partial charge in [-0.25, -0.2) is 4.79 Å². The smallest absolute Gasteiger partial charge is 0.404 e. The SMILES string of the molecule is O=C(O)NCc1ccc(CNC(=O)COc2cccc3c2C(=O)N(C2CCC(=O)NC2=O)C3=O)cc1. The standard InChI is InChI=1S/C24H22N4O8/c29-18-9-8-16(21(31)27-18)28-22(32)15-2-1-3-17(20(15)23(28)33)36-12-19(30)25-10-13-4-6-14(7-5-13)11-26-24(34)35/h1-7,16,26H,8-12H2,(H,25,30)(H,34,35)(H,27,29,31). The summed E-state index contributed by atoms with van der Waals surface area (Å²) in [6.45, 7) is -0.0568. The van der Waals surface area contributed by atoms with E-state index in [0.717, 1.165) is 16.0 Å². The molecular weight excluding hydrogens is 472 g/mol. The van der Waals surface area contributed by atoms with Crippen molar-refractivity contribution in [1.82, 2.24) is 20.9 Å². The molecule has 36 heavy (non-hydrogen) atoms. The fourth-order valence-electron chi connectivity index (χ4n) is 3.95. The number of imide groups is 2. The van der Waals surface area contributed by atoms with Gasteiger partial charge in [0.15, 0.2) is 6.61 Å². The number of hydrogen-bond acceptors (Lipinski definition) is 7. The first-order chi connectivity index (χ1) is 17.2. The lowest BCUT2D eigenvalue weighted by molar-refractivity contribution is -0.136. The highest BCUT2D eigenvalue weighted by Gasteiger charge is 2.46. The lowest BCUT2D eigenvalue weighted by Gasteiger charge is -2.27. The summed E-state index contributed by atoms with van der Waals surface area (Å²) in [6, 6.07) is 10.3. The Bertz CT molecular complexity index is 1260. The Hall–Kier alpha value is -4.74. The lowest BCUT2D eigenvalue weighted by Crippen LogP contribution is -2.54. The molecule has 2 aromatic carbocycles. The van der Waals surface area contributed by atoms with Crippen LogP contribution < -0.4 is 20.7 Å². The Kier molecular flexibility index (Phi) is 6.95. The zero-order valence-corrected chi connectivity index (χ0v) is 18.9. The van der Waals surface area contributed by atoms with Gasteiger partial charge in [0.2, 0.25) is 11.8 Å². The molecule has 2 aliphatic rings. The van der Waals surface area contributed by atoms with E-state index in [0.29, 0.717) is 0 Å². The second-order valence-corrected chi connectivity index (χ2v) is 8.17. The highest BCUT2D eigenvalue weighted by Crippen LogP contribution is 2.33. The van der Waals surface area contributed by atoms with Crippen LogP contribution in [0.4, 0.5) is 4.79 Å². The lowest BCUT2D eigenvalue weighted by atomic mass is 10.0. The first-order valence-electron chi connectivity index (χ1n) is 11.0. The number of hydrogen-bond donors (Lipinski definition) is 4. The van der Waals surface area contributed by atoms with E-state index in [1.165, 1.54) is 18.2 Å². The van der Waals surface area contributed by atoms with Crippen LogP contribution in [-0.2, 0) is 27.5 Å². The van der Waals surface area contributed by atoms with Crippen molar-refractivity contribution in [3.8, 4) is 5.75 Å². The molecule has 0 spiro atoms. The molecule has 12 nitrogen and oxygen atoms in total. The van der Waals surface area contributed by atoms with Crippen LogP contribution in [0.5, 0.6) is 5.75 Å². The summed E-state index contributed by atoms with van der Waals surface area (Å²) in [4.78, 5) is 73.2. The molecule has 0 saturated carbocycles.